The second-order valence-electron chi connectivity index (χ2n) is 5.56. The van der Waals surface area contributed by atoms with Gasteiger partial charge in [-0.05, 0) is 27.7 Å². The van der Waals surface area contributed by atoms with Gasteiger partial charge in [0, 0.05) is 32.1 Å². The molecule has 0 radical (unpaired) electrons. The predicted molar refractivity (Wildman–Crippen MR) is 73.1 cm³/mol. The molecule has 0 aromatic rings. The molecule has 1 rings (SSSR count). The molecule has 0 N–H and O–H groups in total. The Bertz CT molecular complexity index is 384. The van der Waals surface area contributed by atoms with Gasteiger partial charge >= 0.3 is 0 Å². The second kappa shape index (κ2) is 5.63. The number of nitrogens with zero attached hydrogens (tertiary/aromatic N) is 2. The molecule has 1 unspecified atom stereocenters. The fourth-order valence-electron chi connectivity index (χ4n) is 1.95. The fraction of sp³-hybridized carbons (Fsp3) is 1.00. The lowest BCUT2D eigenvalue weighted by molar-refractivity contribution is -0.108. The molecule has 1 saturated heterocycles. The van der Waals surface area contributed by atoms with Gasteiger partial charge in [-0.15, -0.1) is 11.6 Å². The van der Waals surface area contributed by atoms with Crippen molar-refractivity contribution in [1.82, 2.24) is 8.61 Å². The third kappa shape index (κ3) is 3.57. The van der Waals surface area contributed by atoms with Crippen LogP contribution in [0.25, 0.3) is 0 Å². The van der Waals surface area contributed by atoms with E-state index in [2.05, 4.69) is 0 Å². The zero-order chi connectivity index (χ0) is 14.1. The zero-order valence-corrected chi connectivity index (χ0v) is 13.3. The molecule has 0 aliphatic carbocycles. The molecule has 0 saturated carbocycles. The first kappa shape index (κ1) is 16.2. The number of hydrogen-bond donors (Lipinski definition) is 0. The van der Waals surface area contributed by atoms with E-state index >= 15 is 0 Å². The van der Waals surface area contributed by atoms with E-state index in [9.17, 15) is 8.42 Å². The Balaban J connectivity index is 2.94. The second-order valence-corrected chi connectivity index (χ2v) is 7.86. The largest absolute Gasteiger partial charge is 0.368 e. The van der Waals surface area contributed by atoms with Crippen molar-refractivity contribution in [2.24, 2.45) is 0 Å². The van der Waals surface area contributed by atoms with Crippen LogP contribution in [0.1, 0.15) is 27.7 Å². The highest BCUT2D eigenvalue weighted by Gasteiger charge is 2.40. The number of alkyl halides is 1. The van der Waals surface area contributed by atoms with Crippen LogP contribution in [-0.2, 0) is 14.9 Å². The normalized spacial score (nSPS) is 25.9. The van der Waals surface area contributed by atoms with E-state index < -0.39 is 15.8 Å². The Morgan fingerprint density at radius 2 is 2.06 bits per heavy atom. The number of ether oxygens (including phenoxy) is 1. The van der Waals surface area contributed by atoms with Crippen LogP contribution in [0.3, 0.4) is 0 Å². The van der Waals surface area contributed by atoms with E-state index in [0.717, 1.165) is 0 Å². The summed E-state index contributed by atoms with van der Waals surface area (Å²) in [5.74, 6) is 0.293. The fourth-order valence-corrected chi connectivity index (χ4v) is 3.83. The highest BCUT2D eigenvalue weighted by molar-refractivity contribution is 7.86. The molecular weight excluding hydrogens is 276 g/mol. The summed E-state index contributed by atoms with van der Waals surface area (Å²) in [5.41, 5.74) is -0.511. The summed E-state index contributed by atoms with van der Waals surface area (Å²) in [6.45, 7) is 8.11. The Morgan fingerprint density at radius 1 is 1.50 bits per heavy atom. The van der Waals surface area contributed by atoms with Crippen LogP contribution < -0.4 is 0 Å². The minimum atomic E-state index is -3.45. The van der Waals surface area contributed by atoms with Gasteiger partial charge in [0.05, 0.1) is 11.7 Å². The van der Waals surface area contributed by atoms with Gasteiger partial charge in [-0.1, -0.05) is 0 Å². The summed E-state index contributed by atoms with van der Waals surface area (Å²) in [4.78, 5) is 0. The number of rotatable bonds is 4. The molecule has 0 amide bonds. The molecule has 0 spiro atoms. The lowest BCUT2D eigenvalue weighted by atomic mass is 10.1. The van der Waals surface area contributed by atoms with Crippen LogP contribution >= 0.6 is 11.6 Å². The molecule has 1 aliphatic rings. The molecule has 1 fully saturated rings. The molecule has 1 aliphatic heterocycles. The van der Waals surface area contributed by atoms with Crippen LogP contribution in [0.2, 0.25) is 0 Å². The lowest BCUT2D eigenvalue weighted by Gasteiger charge is -2.43. The first-order valence-electron chi connectivity index (χ1n) is 6.07. The molecule has 18 heavy (non-hydrogen) atoms. The van der Waals surface area contributed by atoms with E-state index in [1.807, 2.05) is 27.7 Å². The third-order valence-electron chi connectivity index (χ3n) is 3.04. The zero-order valence-electron chi connectivity index (χ0n) is 11.7. The van der Waals surface area contributed by atoms with Crippen molar-refractivity contribution in [3.8, 4) is 0 Å². The van der Waals surface area contributed by atoms with Crippen molar-refractivity contribution in [3.63, 3.8) is 0 Å². The lowest BCUT2D eigenvalue weighted by Crippen LogP contribution is -2.58. The van der Waals surface area contributed by atoms with Crippen LogP contribution in [0.4, 0.5) is 0 Å². The maximum atomic E-state index is 12.4. The van der Waals surface area contributed by atoms with Gasteiger partial charge in [0.2, 0.25) is 0 Å². The number of morpholine rings is 1. The Morgan fingerprint density at radius 3 is 2.50 bits per heavy atom. The first-order valence-corrected chi connectivity index (χ1v) is 8.00. The summed E-state index contributed by atoms with van der Waals surface area (Å²) in [6.07, 6.45) is -0.259. The summed E-state index contributed by atoms with van der Waals surface area (Å²) in [6, 6.07) is -0.0737. The Hall–Kier alpha value is 0.120. The summed E-state index contributed by atoms with van der Waals surface area (Å²) < 4.78 is 33.4. The maximum absolute atomic E-state index is 12.4. The summed E-state index contributed by atoms with van der Waals surface area (Å²) >= 11 is 5.81. The molecule has 0 aromatic heterocycles. The Labute approximate surface area is 115 Å². The minimum absolute atomic E-state index is 0.0737. The van der Waals surface area contributed by atoms with Crippen LogP contribution in [-0.4, -0.2) is 60.8 Å². The van der Waals surface area contributed by atoms with E-state index in [1.54, 1.807) is 7.05 Å². The van der Waals surface area contributed by atoms with Crippen LogP contribution in [0.15, 0.2) is 0 Å². The monoisotopic (exact) mass is 298 g/mol. The molecule has 7 heteroatoms. The average molecular weight is 299 g/mol. The van der Waals surface area contributed by atoms with E-state index in [-0.39, 0.29) is 12.1 Å². The van der Waals surface area contributed by atoms with Gasteiger partial charge in [-0.25, -0.2) is 0 Å². The maximum Gasteiger partial charge on any atom is 0.282 e. The highest BCUT2D eigenvalue weighted by Crippen LogP contribution is 2.25. The van der Waals surface area contributed by atoms with Crippen molar-refractivity contribution in [3.05, 3.63) is 0 Å². The third-order valence-corrected chi connectivity index (χ3v) is 5.46. The van der Waals surface area contributed by atoms with Gasteiger partial charge in [0.1, 0.15) is 0 Å². The molecule has 1 atom stereocenters. The van der Waals surface area contributed by atoms with Crippen molar-refractivity contribution in [2.45, 2.75) is 45.4 Å². The average Bonchev–Trinajstić information content (AvgIpc) is 2.25. The van der Waals surface area contributed by atoms with Gasteiger partial charge in [-0.3, -0.25) is 0 Å². The Kier molecular flexibility index (Phi) is 5.06. The van der Waals surface area contributed by atoms with E-state index in [4.69, 9.17) is 16.3 Å². The number of halogens is 1. The van der Waals surface area contributed by atoms with Gasteiger partial charge < -0.3 is 4.74 Å². The van der Waals surface area contributed by atoms with E-state index in [0.29, 0.717) is 19.0 Å². The van der Waals surface area contributed by atoms with Crippen molar-refractivity contribution >= 4 is 21.8 Å². The van der Waals surface area contributed by atoms with Crippen molar-refractivity contribution < 1.29 is 13.2 Å². The van der Waals surface area contributed by atoms with Gasteiger partial charge in [0.15, 0.2) is 0 Å². The van der Waals surface area contributed by atoms with Gasteiger partial charge in [-0.2, -0.15) is 17.0 Å². The molecule has 0 bridgehead atoms. The SMILES string of the molecule is CC(C)N(C)S(=O)(=O)N1CC(CCl)OC(C)(C)C1. The topological polar surface area (TPSA) is 49.9 Å². The quantitative estimate of drug-likeness (QED) is 0.735. The molecular formula is C11H23ClN2O3S. The molecule has 108 valence electrons. The first-order chi connectivity index (χ1) is 8.10. The van der Waals surface area contributed by atoms with Crippen LogP contribution in [0, 0.1) is 0 Å². The summed E-state index contributed by atoms with van der Waals surface area (Å²) in [5, 5.41) is 0. The summed E-state index contributed by atoms with van der Waals surface area (Å²) in [7, 11) is -1.85. The smallest absolute Gasteiger partial charge is 0.282 e. The van der Waals surface area contributed by atoms with Crippen molar-refractivity contribution in [2.75, 3.05) is 26.0 Å². The van der Waals surface area contributed by atoms with E-state index in [1.165, 1.54) is 8.61 Å². The van der Waals surface area contributed by atoms with Crippen LogP contribution in [0.5, 0.6) is 0 Å². The molecule has 0 aromatic carbocycles. The molecule has 5 nitrogen and oxygen atoms in total. The minimum Gasteiger partial charge on any atom is -0.368 e. The standard InChI is InChI=1S/C11H23ClN2O3S/c1-9(2)13(5)18(15,16)14-7-10(6-12)17-11(3,4)8-14/h9-10H,6-8H2,1-5H3. The molecule has 1 heterocycles. The predicted octanol–water partition coefficient (Wildman–Crippen LogP) is 1.29. The number of hydrogen-bond acceptors (Lipinski definition) is 3. The highest BCUT2D eigenvalue weighted by atomic mass is 35.5. The van der Waals surface area contributed by atoms with Gasteiger partial charge in [0.25, 0.3) is 10.2 Å². The van der Waals surface area contributed by atoms with Crippen molar-refractivity contribution in [1.29, 1.82) is 0 Å².